The van der Waals surface area contributed by atoms with Gasteiger partial charge in [-0.3, -0.25) is 0 Å². The number of benzene rings is 1. The molecule has 0 spiro atoms. The summed E-state index contributed by atoms with van der Waals surface area (Å²) in [6.07, 6.45) is 0.454. The summed E-state index contributed by atoms with van der Waals surface area (Å²) in [5.41, 5.74) is 3.35. The zero-order chi connectivity index (χ0) is 11.5. The fraction of sp³-hybridized carbons (Fsp3) is 0.231. The van der Waals surface area contributed by atoms with Crippen molar-refractivity contribution in [1.29, 1.82) is 5.26 Å². The molecule has 0 amide bonds. The molecule has 0 aliphatic heterocycles. The number of hydrogen-bond donors (Lipinski definition) is 0. The van der Waals surface area contributed by atoms with Crippen LogP contribution in [-0.4, -0.2) is 4.98 Å². The van der Waals surface area contributed by atoms with Crippen molar-refractivity contribution in [3.63, 3.8) is 0 Å². The molecule has 2 rings (SSSR count). The van der Waals surface area contributed by atoms with Gasteiger partial charge in [0.25, 0.3) is 0 Å². The molecule has 0 unspecified atom stereocenters. The van der Waals surface area contributed by atoms with Crippen LogP contribution >= 0.6 is 11.3 Å². The molecule has 1 aromatic heterocycles. The number of aryl methyl sites for hydroxylation is 2. The summed E-state index contributed by atoms with van der Waals surface area (Å²) in [6.45, 7) is 4.03. The predicted octanol–water partition coefficient (Wildman–Crippen LogP) is 3.49. The summed E-state index contributed by atoms with van der Waals surface area (Å²) in [5, 5.41) is 9.69. The van der Waals surface area contributed by atoms with Crippen molar-refractivity contribution in [1.82, 2.24) is 4.98 Å². The standard InChI is InChI=1S/C13H12N2S/c1-9-3-5-11(6-4-9)13-15-10(2)12(16-13)7-8-14/h3-6H,7H2,1-2H3. The number of hydrogen-bond acceptors (Lipinski definition) is 3. The Kier molecular flexibility index (Phi) is 3.02. The highest BCUT2D eigenvalue weighted by Gasteiger charge is 2.08. The molecule has 0 fully saturated rings. The lowest BCUT2D eigenvalue weighted by Crippen LogP contribution is -1.80. The number of nitrogens with zero attached hydrogens (tertiary/aromatic N) is 2. The molecule has 80 valence electrons. The molecule has 3 heteroatoms. The zero-order valence-electron chi connectivity index (χ0n) is 9.32. The van der Waals surface area contributed by atoms with Crippen molar-refractivity contribution in [2.45, 2.75) is 20.3 Å². The van der Waals surface area contributed by atoms with Gasteiger partial charge in [-0.15, -0.1) is 11.3 Å². The lowest BCUT2D eigenvalue weighted by Gasteiger charge is -1.96. The molecular formula is C13H12N2S. The van der Waals surface area contributed by atoms with Crippen LogP contribution in [-0.2, 0) is 6.42 Å². The molecule has 0 N–H and O–H groups in total. The first-order valence-corrected chi connectivity index (χ1v) is 5.92. The van der Waals surface area contributed by atoms with Crippen molar-refractivity contribution >= 4 is 11.3 Å². The smallest absolute Gasteiger partial charge is 0.123 e. The molecule has 0 aliphatic carbocycles. The van der Waals surface area contributed by atoms with E-state index >= 15 is 0 Å². The van der Waals surface area contributed by atoms with Crippen LogP contribution in [0.25, 0.3) is 10.6 Å². The summed E-state index contributed by atoms with van der Waals surface area (Å²) < 4.78 is 0. The second-order valence-electron chi connectivity index (χ2n) is 3.73. The minimum atomic E-state index is 0.454. The van der Waals surface area contributed by atoms with Gasteiger partial charge in [-0.25, -0.2) is 4.98 Å². The first kappa shape index (κ1) is 10.8. The quantitative estimate of drug-likeness (QED) is 0.788. The molecule has 0 saturated heterocycles. The van der Waals surface area contributed by atoms with Crippen LogP contribution in [0.5, 0.6) is 0 Å². The van der Waals surface area contributed by atoms with E-state index in [4.69, 9.17) is 5.26 Å². The van der Waals surface area contributed by atoms with E-state index in [0.717, 1.165) is 21.1 Å². The normalized spacial score (nSPS) is 10.1. The van der Waals surface area contributed by atoms with Crippen molar-refractivity contribution in [3.8, 4) is 16.6 Å². The van der Waals surface area contributed by atoms with E-state index in [9.17, 15) is 0 Å². The fourth-order valence-corrected chi connectivity index (χ4v) is 2.48. The first-order chi connectivity index (χ1) is 7.70. The van der Waals surface area contributed by atoms with E-state index in [1.54, 1.807) is 11.3 Å². The second kappa shape index (κ2) is 4.46. The van der Waals surface area contributed by atoms with Crippen LogP contribution in [0.15, 0.2) is 24.3 Å². The maximum absolute atomic E-state index is 8.69. The van der Waals surface area contributed by atoms with E-state index in [1.165, 1.54) is 5.56 Å². The van der Waals surface area contributed by atoms with Crippen LogP contribution < -0.4 is 0 Å². The van der Waals surface area contributed by atoms with Crippen LogP contribution in [0.2, 0.25) is 0 Å². The Hall–Kier alpha value is -1.66. The van der Waals surface area contributed by atoms with E-state index in [1.807, 2.05) is 6.92 Å². The lowest BCUT2D eigenvalue weighted by molar-refractivity contribution is 1.18. The molecule has 0 saturated carbocycles. The van der Waals surface area contributed by atoms with Gasteiger partial charge in [-0.2, -0.15) is 5.26 Å². The molecule has 0 atom stereocenters. The molecule has 1 heterocycles. The summed E-state index contributed by atoms with van der Waals surface area (Å²) >= 11 is 1.61. The average Bonchev–Trinajstić information content (AvgIpc) is 2.62. The lowest BCUT2D eigenvalue weighted by atomic mass is 10.2. The number of rotatable bonds is 2. The third-order valence-electron chi connectivity index (χ3n) is 2.43. The number of nitriles is 1. The Balaban J connectivity index is 2.38. The van der Waals surface area contributed by atoms with Crippen molar-refractivity contribution in [3.05, 3.63) is 40.4 Å². The molecular weight excluding hydrogens is 216 g/mol. The molecule has 2 nitrogen and oxygen atoms in total. The van der Waals surface area contributed by atoms with Crippen LogP contribution in [0, 0.1) is 25.2 Å². The Morgan fingerprint density at radius 3 is 2.56 bits per heavy atom. The molecule has 0 bridgehead atoms. The SMILES string of the molecule is Cc1ccc(-c2nc(C)c(CC#N)s2)cc1. The monoisotopic (exact) mass is 228 g/mol. The van der Waals surface area contributed by atoms with Gasteiger partial charge < -0.3 is 0 Å². The molecule has 16 heavy (non-hydrogen) atoms. The second-order valence-corrected chi connectivity index (χ2v) is 4.81. The highest BCUT2D eigenvalue weighted by Crippen LogP contribution is 2.28. The van der Waals surface area contributed by atoms with Crippen LogP contribution in [0.3, 0.4) is 0 Å². The van der Waals surface area contributed by atoms with Crippen molar-refractivity contribution < 1.29 is 0 Å². The van der Waals surface area contributed by atoms with E-state index < -0.39 is 0 Å². The fourth-order valence-electron chi connectivity index (χ4n) is 1.48. The maximum Gasteiger partial charge on any atom is 0.123 e. The van der Waals surface area contributed by atoms with Crippen molar-refractivity contribution in [2.75, 3.05) is 0 Å². The van der Waals surface area contributed by atoms with Gasteiger partial charge in [0.15, 0.2) is 0 Å². The Morgan fingerprint density at radius 2 is 1.94 bits per heavy atom. The van der Waals surface area contributed by atoms with Gasteiger partial charge in [-0.05, 0) is 13.8 Å². The van der Waals surface area contributed by atoms with E-state index in [2.05, 4.69) is 42.2 Å². The van der Waals surface area contributed by atoms with Gasteiger partial charge in [-0.1, -0.05) is 29.8 Å². The minimum Gasteiger partial charge on any atom is -0.241 e. The summed E-state index contributed by atoms with van der Waals surface area (Å²) in [7, 11) is 0. The molecule has 0 radical (unpaired) electrons. The summed E-state index contributed by atoms with van der Waals surface area (Å²) in [4.78, 5) is 5.56. The average molecular weight is 228 g/mol. The van der Waals surface area contributed by atoms with Gasteiger partial charge in [0.1, 0.15) is 5.01 Å². The summed E-state index contributed by atoms with van der Waals surface area (Å²) in [5.74, 6) is 0. The topological polar surface area (TPSA) is 36.7 Å². The Labute approximate surface area is 99.2 Å². The van der Waals surface area contributed by atoms with Crippen molar-refractivity contribution in [2.24, 2.45) is 0 Å². The third kappa shape index (κ3) is 2.12. The molecule has 0 aliphatic rings. The molecule has 1 aromatic carbocycles. The third-order valence-corrected chi connectivity index (χ3v) is 3.64. The van der Waals surface area contributed by atoms with Gasteiger partial charge >= 0.3 is 0 Å². The van der Waals surface area contributed by atoms with Crippen LogP contribution in [0.1, 0.15) is 16.1 Å². The predicted molar refractivity (Wildman–Crippen MR) is 66.3 cm³/mol. The Bertz CT molecular complexity index is 532. The molecule has 2 aromatic rings. The van der Waals surface area contributed by atoms with Gasteiger partial charge in [0.2, 0.25) is 0 Å². The maximum atomic E-state index is 8.69. The largest absolute Gasteiger partial charge is 0.241 e. The van der Waals surface area contributed by atoms with E-state index in [-0.39, 0.29) is 0 Å². The Morgan fingerprint density at radius 1 is 1.25 bits per heavy atom. The number of aromatic nitrogens is 1. The van der Waals surface area contributed by atoms with E-state index in [0.29, 0.717) is 6.42 Å². The minimum absolute atomic E-state index is 0.454. The summed E-state index contributed by atoms with van der Waals surface area (Å²) in [6, 6.07) is 10.5. The highest BCUT2D eigenvalue weighted by molar-refractivity contribution is 7.15. The van der Waals surface area contributed by atoms with Crippen LogP contribution in [0.4, 0.5) is 0 Å². The number of thiazole rings is 1. The van der Waals surface area contributed by atoms with Gasteiger partial charge in [0.05, 0.1) is 18.2 Å². The zero-order valence-corrected chi connectivity index (χ0v) is 10.1. The first-order valence-electron chi connectivity index (χ1n) is 5.11. The van der Waals surface area contributed by atoms with Gasteiger partial charge in [0, 0.05) is 10.4 Å². The highest BCUT2D eigenvalue weighted by atomic mass is 32.1.